The summed E-state index contributed by atoms with van der Waals surface area (Å²) in [5.74, 6) is 0. The van der Waals surface area contributed by atoms with E-state index in [0.29, 0.717) is 6.04 Å². The largest absolute Gasteiger partial charge is 0.374 e. The Morgan fingerprint density at radius 3 is 3.06 bits per heavy atom. The minimum absolute atomic E-state index is 0.0287. The number of hydrogen-bond acceptors (Lipinski definition) is 4. The third-order valence-electron chi connectivity index (χ3n) is 3.74. The number of nitrogens with zero attached hydrogens (tertiary/aromatic N) is 1. The summed E-state index contributed by atoms with van der Waals surface area (Å²) in [7, 11) is 0. The lowest BCUT2D eigenvalue weighted by Crippen LogP contribution is -2.53. The molecule has 0 aromatic carbocycles. The summed E-state index contributed by atoms with van der Waals surface area (Å²) in [5.41, 5.74) is -0.0287. The molecular formula is C14H24N2OS. The van der Waals surface area contributed by atoms with Gasteiger partial charge in [0.05, 0.1) is 10.6 Å². The molecule has 1 aromatic heterocycles. The lowest BCUT2D eigenvalue weighted by Gasteiger charge is -2.41. The Morgan fingerprint density at radius 2 is 2.44 bits per heavy atom. The first-order chi connectivity index (χ1) is 8.74. The van der Waals surface area contributed by atoms with Crippen molar-refractivity contribution >= 4 is 11.3 Å². The Bertz CT molecular complexity index is 334. The van der Waals surface area contributed by atoms with E-state index in [1.54, 1.807) is 11.3 Å². The monoisotopic (exact) mass is 268 g/mol. The SMILES string of the molecule is CCCNC(Cc1nccs1)C1(C)CCCCO1. The molecule has 1 aliphatic heterocycles. The smallest absolute Gasteiger partial charge is 0.0941 e. The zero-order chi connectivity index (χ0) is 12.8. The second-order valence-electron chi connectivity index (χ2n) is 5.25. The molecule has 18 heavy (non-hydrogen) atoms. The van der Waals surface area contributed by atoms with Gasteiger partial charge in [0.2, 0.25) is 0 Å². The van der Waals surface area contributed by atoms with Gasteiger partial charge < -0.3 is 10.1 Å². The van der Waals surface area contributed by atoms with Crippen molar-refractivity contribution in [1.82, 2.24) is 10.3 Å². The first-order valence-electron chi connectivity index (χ1n) is 7.00. The van der Waals surface area contributed by atoms with Gasteiger partial charge in [0.15, 0.2) is 0 Å². The second-order valence-corrected chi connectivity index (χ2v) is 6.23. The van der Waals surface area contributed by atoms with Gasteiger partial charge in [0.1, 0.15) is 0 Å². The molecule has 0 bridgehead atoms. The van der Waals surface area contributed by atoms with Crippen LogP contribution in [-0.2, 0) is 11.2 Å². The van der Waals surface area contributed by atoms with Crippen LogP contribution in [0.15, 0.2) is 11.6 Å². The van der Waals surface area contributed by atoms with Gasteiger partial charge >= 0.3 is 0 Å². The summed E-state index contributed by atoms with van der Waals surface area (Å²) in [4.78, 5) is 4.41. The molecule has 1 saturated heterocycles. The van der Waals surface area contributed by atoms with Crippen LogP contribution < -0.4 is 5.32 Å². The van der Waals surface area contributed by atoms with Crippen LogP contribution in [0.2, 0.25) is 0 Å². The summed E-state index contributed by atoms with van der Waals surface area (Å²) in [6.07, 6.45) is 7.66. The molecule has 0 spiro atoms. The fourth-order valence-corrected chi connectivity index (χ4v) is 3.24. The predicted octanol–water partition coefficient (Wildman–Crippen LogP) is 3.01. The minimum Gasteiger partial charge on any atom is -0.374 e. The van der Waals surface area contributed by atoms with Crippen molar-refractivity contribution in [3.05, 3.63) is 16.6 Å². The van der Waals surface area contributed by atoms with Crippen LogP contribution in [0.3, 0.4) is 0 Å². The lowest BCUT2D eigenvalue weighted by molar-refractivity contribution is -0.0883. The Labute approximate surface area is 114 Å². The molecule has 2 atom stereocenters. The molecule has 1 aromatic rings. The fraction of sp³-hybridized carbons (Fsp3) is 0.786. The molecule has 102 valence electrons. The maximum absolute atomic E-state index is 6.09. The fourth-order valence-electron chi connectivity index (χ4n) is 2.58. The topological polar surface area (TPSA) is 34.2 Å². The van der Waals surface area contributed by atoms with Gasteiger partial charge in [-0.25, -0.2) is 4.98 Å². The van der Waals surface area contributed by atoms with E-state index in [4.69, 9.17) is 4.74 Å². The molecule has 3 nitrogen and oxygen atoms in total. The molecule has 1 aliphatic rings. The third kappa shape index (κ3) is 3.53. The zero-order valence-electron chi connectivity index (χ0n) is 11.4. The molecule has 0 amide bonds. The highest BCUT2D eigenvalue weighted by atomic mass is 32.1. The molecule has 0 aliphatic carbocycles. The minimum atomic E-state index is -0.0287. The molecule has 1 N–H and O–H groups in total. The van der Waals surface area contributed by atoms with Crippen molar-refractivity contribution in [2.75, 3.05) is 13.2 Å². The van der Waals surface area contributed by atoms with Crippen LogP contribution in [0, 0.1) is 0 Å². The quantitative estimate of drug-likeness (QED) is 0.861. The maximum Gasteiger partial charge on any atom is 0.0941 e. The van der Waals surface area contributed by atoms with E-state index in [-0.39, 0.29) is 5.60 Å². The highest BCUT2D eigenvalue weighted by molar-refractivity contribution is 7.09. The van der Waals surface area contributed by atoms with Gasteiger partial charge in [-0.3, -0.25) is 0 Å². The third-order valence-corrected chi connectivity index (χ3v) is 4.54. The predicted molar refractivity (Wildman–Crippen MR) is 76.1 cm³/mol. The van der Waals surface area contributed by atoms with E-state index in [1.807, 2.05) is 6.20 Å². The standard InChI is InChI=1S/C14H24N2OS/c1-3-7-15-12(11-13-16-8-10-18-13)14(2)6-4-5-9-17-14/h8,10,12,15H,3-7,9,11H2,1-2H3. The van der Waals surface area contributed by atoms with Gasteiger partial charge in [-0.2, -0.15) is 0 Å². The number of thiazole rings is 1. The van der Waals surface area contributed by atoms with Crippen molar-refractivity contribution in [1.29, 1.82) is 0 Å². The van der Waals surface area contributed by atoms with Gasteiger partial charge in [0, 0.05) is 30.6 Å². The summed E-state index contributed by atoms with van der Waals surface area (Å²) >= 11 is 1.74. The van der Waals surface area contributed by atoms with Crippen LogP contribution in [0.1, 0.15) is 44.5 Å². The molecule has 2 rings (SSSR count). The number of aromatic nitrogens is 1. The zero-order valence-corrected chi connectivity index (χ0v) is 12.3. The van der Waals surface area contributed by atoms with Crippen LogP contribution in [0.5, 0.6) is 0 Å². The molecular weight excluding hydrogens is 244 g/mol. The number of ether oxygens (including phenoxy) is 1. The Kier molecular flexibility index (Phi) is 5.15. The van der Waals surface area contributed by atoms with E-state index < -0.39 is 0 Å². The average Bonchev–Trinajstić information content (AvgIpc) is 2.88. The summed E-state index contributed by atoms with van der Waals surface area (Å²) in [5, 5.41) is 6.92. The number of hydrogen-bond donors (Lipinski definition) is 1. The highest BCUT2D eigenvalue weighted by Crippen LogP contribution is 2.30. The average molecular weight is 268 g/mol. The maximum atomic E-state index is 6.09. The molecule has 2 heterocycles. The second kappa shape index (κ2) is 6.64. The van der Waals surface area contributed by atoms with E-state index in [1.165, 1.54) is 17.8 Å². The molecule has 1 fully saturated rings. The van der Waals surface area contributed by atoms with E-state index in [2.05, 4.69) is 29.5 Å². The van der Waals surface area contributed by atoms with Crippen LogP contribution in [0.4, 0.5) is 0 Å². The number of nitrogens with one attached hydrogen (secondary N) is 1. The van der Waals surface area contributed by atoms with Crippen LogP contribution in [0.25, 0.3) is 0 Å². The van der Waals surface area contributed by atoms with Crippen molar-refractivity contribution in [2.24, 2.45) is 0 Å². The van der Waals surface area contributed by atoms with Crippen molar-refractivity contribution < 1.29 is 4.74 Å². The van der Waals surface area contributed by atoms with Gasteiger partial charge in [-0.1, -0.05) is 6.92 Å². The van der Waals surface area contributed by atoms with Crippen molar-refractivity contribution in [2.45, 2.75) is 57.6 Å². The first kappa shape index (κ1) is 14.0. The molecule has 4 heteroatoms. The Balaban J connectivity index is 2.03. The molecule has 0 saturated carbocycles. The van der Waals surface area contributed by atoms with Crippen molar-refractivity contribution in [3.63, 3.8) is 0 Å². The van der Waals surface area contributed by atoms with Crippen molar-refractivity contribution in [3.8, 4) is 0 Å². The van der Waals surface area contributed by atoms with Gasteiger partial charge in [-0.15, -0.1) is 11.3 Å². The van der Waals surface area contributed by atoms with E-state index in [0.717, 1.165) is 32.4 Å². The van der Waals surface area contributed by atoms with E-state index >= 15 is 0 Å². The van der Waals surface area contributed by atoms with Crippen LogP contribution >= 0.6 is 11.3 Å². The summed E-state index contributed by atoms with van der Waals surface area (Å²) in [6.45, 7) is 6.41. The van der Waals surface area contributed by atoms with E-state index in [9.17, 15) is 0 Å². The number of rotatable bonds is 6. The Morgan fingerprint density at radius 1 is 1.56 bits per heavy atom. The lowest BCUT2D eigenvalue weighted by atomic mass is 9.86. The van der Waals surface area contributed by atoms with Crippen LogP contribution in [-0.4, -0.2) is 29.8 Å². The molecule has 2 unspecified atom stereocenters. The summed E-state index contributed by atoms with van der Waals surface area (Å²) in [6, 6.07) is 0.379. The van der Waals surface area contributed by atoms with Gasteiger partial charge in [-0.05, 0) is 39.2 Å². The first-order valence-corrected chi connectivity index (χ1v) is 7.88. The summed E-state index contributed by atoms with van der Waals surface area (Å²) < 4.78 is 6.09. The van der Waals surface area contributed by atoms with Gasteiger partial charge in [0.25, 0.3) is 0 Å². The Hall–Kier alpha value is -0.450. The highest BCUT2D eigenvalue weighted by Gasteiger charge is 2.36. The normalized spacial score (nSPS) is 26.1. The molecule has 0 radical (unpaired) electrons.